The minimum absolute atomic E-state index is 0.0996. The van der Waals surface area contributed by atoms with Gasteiger partial charge in [-0.2, -0.15) is 4.98 Å². The fourth-order valence-electron chi connectivity index (χ4n) is 5.90. The first-order valence-electron chi connectivity index (χ1n) is 14.7. The van der Waals surface area contributed by atoms with E-state index in [9.17, 15) is 9.90 Å². The van der Waals surface area contributed by atoms with Crippen LogP contribution in [0, 0.1) is 26.6 Å². The van der Waals surface area contributed by atoms with Crippen molar-refractivity contribution >= 4 is 35.1 Å². The van der Waals surface area contributed by atoms with Crippen LogP contribution in [0.25, 0.3) is 0 Å². The van der Waals surface area contributed by atoms with Gasteiger partial charge in [0.05, 0.1) is 6.04 Å². The smallest absolute Gasteiger partial charge is 0.413 e. The van der Waals surface area contributed by atoms with E-state index < -0.39 is 18.0 Å². The van der Waals surface area contributed by atoms with Crippen molar-refractivity contribution in [2.24, 2.45) is 0 Å². The third-order valence-electron chi connectivity index (χ3n) is 8.14. The van der Waals surface area contributed by atoms with E-state index in [0.717, 1.165) is 66.4 Å². The van der Waals surface area contributed by atoms with Gasteiger partial charge in [0.1, 0.15) is 11.6 Å². The summed E-state index contributed by atoms with van der Waals surface area (Å²) in [5.41, 5.74) is 5.49. The summed E-state index contributed by atoms with van der Waals surface area (Å²) in [5.74, 6) is -0.241. The number of nitrogens with zero attached hydrogens (tertiary/aromatic N) is 5. The number of hydrogen-bond donors (Lipinski definition) is 2. The Balaban J connectivity index is 1.42. The van der Waals surface area contributed by atoms with Gasteiger partial charge < -0.3 is 20.2 Å². The van der Waals surface area contributed by atoms with Crippen LogP contribution in [0.3, 0.4) is 0 Å². The van der Waals surface area contributed by atoms with Crippen molar-refractivity contribution in [3.8, 4) is 0 Å². The summed E-state index contributed by atoms with van der Waals surface area (Å²) in [6, 6.07) is 16.6. The highest BCUT2D eigenvalue weighted by Gasteiger charge is 2.34. The lowest BCUT2D eigenvalue weighted by molar-refractivity contribution is 0.155. The summed E-state index contributed by atoms with van der Waals surface area (Å²) in [6.07, 6.45) is 1.16. The second-order valence-corrected chi connectivity index (χ2v) is 11.9. The maximum Gasteiger partial charge on any atom is 0.413 e. The summed E-state index contributed by atoms with van der Waals surface area (Å²) in [7, 11) is 2.16. The molecule has 1 atom stereocenters. The molecule has 1 unspecified atom stereocenters. The van der Waals surface area contributed by atoms with E-state index >= 15 is 4.39 Å². The highest BCUT2D eigenvalue weighted by Crippen LogP contribution is 2.38. The van der Waals surface area contributed by atoms with E-state index in [1.54, 1.807) is 0 Å². The van der Waals surface area contributed by atoms with E-state index in [2.05, 4.69) is 44.3 Å². The van der Waals surface area contributed by atoms with Crippen LogP contribution in [-0.2, 0) is 6.42 Å². The monoisotopic (exact) mass is 616 g/mol. The molecule has 0 aliphatic carbocycles. The molecule has 0 saturated carbocycles. The van der Waals surface area contributed by atoms with Crippen LogP contribution in [0.4, 0.5) is 26.6 Å². The molecule has 1 amide bonds. The third-order valence-corrected chi connectivity index (χ3v) is 8.37. The number of aryl methyl sites for hydroxylation is 3. The van der Waals surface area contributed by atoms with Gasteiger partial charge >= 0.3 is 6.09 Å². The Labute approximate surface area is 263 Å². The van der Waals surface area contributed by atoms with Crippen LogP contribution in [-0.4, -0.2) is 70.7 Å². The van der Waals surface area contributed by atoms with Crippen LogP contribution in [0.5, 0.6) is 0 Å². The standard InChI is InChI=1S/C34H38ClFN6O2/c1-22-19-23(2)31(24(3)20-22)32(28-21-26(35)7-10-29(28)36)42(34(43)44)30-11-13-37-33(39-30)38-27-8-5-25(6-9-27)12-14-41-17-15-40(4)16-18-41/h5-11,13,19-21,32H,12,14-18H2,1-4H3,(H,43,44)(H,37,38,39). The number of hydrogen-bond acceptors (Lipinski definition) is 6. The van der Waals surface area contributed by atoms with Crippen molar-refractivity contribution in [3.05, 3.63) is 111 Å². The number of rotatable bonds is 9. The molecule has 1 aliphatic rings. The maximum atomic E-state index is 15.4. The molecule has 44 heavy (non-hydrogen) atoms. The Morgan fingerprint density at radius 3 is 2.36 bits per heavy atom. The molecule has 10 heteroatoms. The zero-order chi connectivity index (χ0) is 31.4. The Kier molecular flexibility index (Phi) is 9.78. The van der Waals surface area contributed by atoms with Crippen molar-refractivity contribution in [2.75, 3.05) is 50.0 Å². The largest absolute Gasteiger partial charge is 0.465 e. The molecule has 0 spiro atoms. The van der Waals surface area contributed by atoms with E-state index in [0.29, 0.717) is 10.6 Å². The number of piperazine rings is 1. The number of anilines is 3. The Morgan fingerprint density at radius 2 is 1.70 bits per heavy atom. The van der Waals surface area contributed by atoms with Crippen LogP contribution in [0.15, 0.2) is 66.9 Å². The number of likely N-dealkylation sites (N-methyl/N-ethyl adjacent to an activating group) is 1. The number of aromatic nitrogens is 2. The lowest BCUT2D eigenvalue weighted by Crippen LogP contribution is -2.45. The SMILES string of the molecule is Cc1cc(C)c(C(c2cc(Cl)ccc2F)N(C(=O)O)c2ccnc(Nc3ccc(CCN4CCN(C)CC4)cc3)n2)c(C)c1. The topological polar surface area (TPSA) is 84.8 Å². The molecular formula is C34H38ClFN6O2. The molecule has 2 N–H and O–H groups in total. The summed E-state index contributed by atoms with van der Waals surface area (Å²) < 4.78 is 15.4. The first-order valence-corrected chi connectivity index (χ1v) is 15.1. The third kappa shape index (κ3) is 7.35. The van der Waals surface area contributed by atoms with Crippen LogP contribution in [0.2, 0.25) is 5.02 Å². The fraction of sp³-hybridized carbons (Fsp3) is 0.324. The van der Waals surface area contributed by atoms with Crippen molar-refractivity contribution < 1.29 is 14.3 Å². The summed E-state index contributed by atoms with van der Waals surface area (Å²) in [6.45, 7) is 11.1. The summed E-state index contributed by atoms with van der Waals surface area (Å²) in [4.78, 5) is 27.8. The number of benzene rings is 3. The van der Waals surface area contributed by atoms with Crippen molar-refractivity contribution in [3.63, 3.8) is 0 Å². The highest BCUT2D eigenvalue weighted by atomic mass is 35.5. The molecule has 4 aromatic rings. The van der Waals surface area contributed by atoms with Gasteiger partial charge in [0, 0.05) is 55.2 Å². The molecule has 1 aromatic heterocycles. The average Bonchev–Trinajstić information content (AvgIpc) is 2.98. The number of amides is 1. The number of carboxylic acid groups (broad SMARTS) is 1. The lowest BCUT2D eigenvalue weighted by Gasteiger charge is -2.32. The lowest BCUT2D eigenvalue weighted by atomic mass is 9.88. The van der Waals surface area contributed by atoms with Gasteiger partial charge in [-0.05, 0) is 92.9 Å². The van der Waals surface area contributed by atoms with Crippen LogP contribution >= 0.6 is 11.6 Å². The van der Waals surface area contributed by atoms with E-state index in [1.807, 2.05) is 45.0 Å². The molecule has 0 radical (unpaired) electrons. The van der Waals surface area contributed by atoms with Gasteiger partial charge in [0.15, 0.2) is 0 Å². The molecular weight excluding hydrogens is 579 g/mol. The molecule has 1 saturated heterocycles. The Bertz CT molecular complexity index is 1600. The molecule has 0 bridgehead atoms. The number of carbonyl (C=O) groups is 1. The van der Waals surface area contributed by atoms with Crippen LogP contribution < -0.4 is 10.2 Å². The first kappa shape index (κ1) is 31.4. The van der Waals surface area contributed by atoms with Crippen molar-refractivity contribution in [2.45, 2.75) is 33.2 Å². The second kappa shape index (κ2) is 13.7. The molecule has 2 heterocycles. The normalized spacial score (nSPS) is 14.8. The van der Waals surface area contributed by atoms with E-state index in [4.69, 9.17) is 11.6 Å². The van der Waals surface area contributed by atoms with Crippen molar-refractivity contribution in [1.29, 1.82) is 0 Å². The van der Waals surface area contributed by atoms with Crippen LogP contribution in [0.1, 0.15) is 39.4 Å². The zero-order valence-corrected chi connectivity index (χ0v) is 26.3. The Hall–Kier alpha value is -4.05. The van der Waals surface area contributed by atoms with Gasteiger partial charge in [-0.25, -0.2) is 19.1 Å². The summed E-state index contributed by atoms with van der Waals surface area (Å²) >= 11 is 6.30. The highest BCUT2D eigenvalue weighted by molar-refractivity contribution is 6.30. The van der Waals surface area contributed by atoms with E-state index in [1.165, 1.54) is 36.0 Å². The zero-order valence-electron chi connectivity index (χ0n) is 25.5. The number of nitrogens with one attached hydrogen (secondary N) is 1. The molecule has 5 rings (SSSR count). The Morgan fingerprint density at radius 1 is 1.02 bits per heavy atom. The quantitative estimate of drug-likeness (QED) is 0.209. The van der Waals surface area contributed by atoms with Crippen molar-refractivity contribution in [1.82, 2.24) is 19.8 Å². The number of halogens is 2. The predicted molar refractivity (Wildman–Crippen MR) is 174 cm³/mol. The average molecular weight is 617 g/mol. The first-order chi connectivity index (χ1) is 21.1. The van der Waals surface area contributed by atoms with Gasteiger partial charge in [0.2, 0.25) is 5.95 Å². The summed E-state index contributed by atoms with van der Waals surface area (Å²) in [5, 5.41) is 14.1. The van der Waals surface area contributed by atoms with Gasteiger partial charge in [-0.3, -0.25) is 0 Å². The minimum atomic E-state index is -1.29. The fourth-order valence-corrected chi connectivity index (χ4v) is 6.08. The maximum absolute atomic E-state index is 15.4. The van der Waals surface area contributed by atoms with Gasteiger partial charge in [-0.15, -0.1) is 0 Å². The molecule has 8 nitrogen and oxygen atoms in total. The van der Waals surface area contributed by atoms with E-state index in [-0.39, 0.29) is 17.3 Å². The molecule has 230 valence electrons. The van der Waals surface area contributed by atoms with Gasteiger partial charge in [-0.1, -0.05) is 41.4 Å². The second-order valence-electron chi connectivity index (χ2n) is 11.5. The molecule has 3 aromatic carbocycles. The minimum Gasteiger partial charge on any atom is -0.465 e. The van der Waals surface area contributed by atoms with Gasteiger partial charge in [0.25, 0.3) is 0 Å². The predicted octanol–water partition coefficient (Wildman–Crippen LogP) is 7.00. The molecule has 1 fully saturated rings. The molecule has 1 aliphatic heterocycles.